The molecule has 4 aromatic rings. The van der Waals surface area contributed by atoms with Gasteiger partial charge in [-0.15, -0.1) is 4.40 Å². The Hall–Kier alpha value is -3.78. The molecule has 0 atom stereocenters. The fourth-order valence-electron chi connectivity index (χ4n) is 3.05. The Morgan fingerprint density at radius 3 is 1.93 bits per heavy atom. The molecule has 1 heterocycles. The average molecular weight is 403 g/mol. The summed E-state index contributed by atoms with van der Waals surface area (Å²) in [7, 11) is -3.92. The predicted octanol–water partition coefficient (Wildman–Crippen LogP) is 3.10. The molecular weight excluding hydrogens is 386 g/mol. The lowest BCUT2D eigenvalue weighted by molar-refractivity contribution is 0.598. The minimum atomic E-state index is -3.92. The van der Waals surface area contributed by atoms with Crippen LogP contribution in [0.15, 0.2) is 87.1 Å². The maximum atomic E-state index is 12.0. The van der Waals surface area contributed by atoms with E-state index in [0.29, 0.717) is 5.69 Å². The third-order valence-electron chi connectivity index (χ3n) is 4.33. The molecule has 0 aliphatic carbocycles. The van der Waals surface area contributed by atoms with Crippen molar-refractivity contribution in [3.05, 3.63) is 78.4 Å². The molecule has 0 saturated heterocycles. The van der Waals surface area contributed by atoms with Crippen LogP contribution in [0.25, 0.3) is 21.8 Å². The van der Waals surface area contributed by atoms with Gasteiger partial charge in [0.15, 0.2) is 0 Å². The molecule has 8 heteroatoms. The lowest BCUT2D eigenvalue weighted by Gasteiger charge is -2.07. The number of hydrogen-bond acceptors (Lipinski definition) is 4. The van der Waals surface area contributed by atoms with Crippen molar-refractivity contribution < 1.29 is 8.42 Å². The molecule has 0 saturated carbocycles. The monoisotopic (exact) mass is 403 g/mol. The summed E-state index contributed by atoms with van der Waals surface area (Å²) in [6.45, 7) is 0. The molecule has 0 spiro atoms. The quantitative estimate of drug-likeness (QED) is 0.308. The van der Waals surface area contributed by atoms with Gasteiger partial charge in [-0.25, -0.2) is 4.98 Å². The zero-order chi connectivity index (χ0) is 20.4. The number of aromatic nitrogens is 1. The predicted molar refractivity (Wildman–Crippen MR) is 116 cm³/mol. The Balaban J connectivity index is 1.76. The maximum absolute atomic E-state index is 12.0. The largest absolute Gasteiger partial charge is 0.369 e. The van der Waals surface area contributed by atoms with E-state index in [1.54, 1.807) is 18.3 Å². The number of benzene rings is 3. The van der Waals surface area contributed by atoms with E-state index in [-0.39, 0.29) is 4.90 Å². The van der Waals surface area contributed by atoms with Crippen LogP contribution in [0.2, 0.25) is 0 Å². The van der Waals surface area contributed by atoms with Gasteiger partial charge in [-0.05, 0) is 36.4 Å². The Morgan fingerprint density at radius 1 is 0.828 bits per heavy atom. The second-order valence-corrected chi connectivity index (χ2v) is 7.91. The fraction of sp³-hybridized carbons (Fsp3) is 0. The van der Waals surface area contributed by atoms with Crippen LogP contribution in [-0.4, -0.2) is 25.6 Å². The summed E-state index contributed by atoms with van der Waals surface area (Å²) in [5.74, 6) is -0.511. The molecule has 144 valence electrons. The molecule has 0 fully saturated rings. The third kappa shape index (κ3) is 3.78. The van der Waals surface area contributed by atoms with E-state index >= 15 is 0 Å². The number of guanidine groups is 1. The summed E-state index contributed by atoms with van der Waals surface area (Å²) >= 11 is 0. The number of nitrogens with zero attached hydrogens (tertiary/aromatic N) is 3. The van der Waals surface area contributed by atoms with Gasteiger partial charge in [0.2, 0.25) is 5.96 Å². The van der Waals surface area contributed by atoms with Gasteiger partial charge >= 0.3 is 0 Å². The molecule has 0 radical (unpaired) electrons. The first-order valence-corrected chi connectivity index (χ1v) is 10.2. The van der Waals surface area contributed by atoms with Crippen LogP contribution in [0.1, 0.15) is 5.56 Å². The zero-order valence-electron chi connectivity index (χ0n) is 15.2. The van der Waals surface area contributed by atoms with Crippen molar-refractivity contribution in [3.63, 3.8) is 0 Å². The van der Waals surface area contributed by atoms with Crippen molar-refractivity contribution in [2.45, 2.75) is 4.90 Å². The fourth-order valence-corrected chi connectivity index (χ4v) is 3.91. The Labute approximate surface area is 167 Å². The zero-order valence-corrected chi connectivity index (χ0v) is 16.0. The van der Waals surface area contributed by atoms with Gasteiger partial charge < -0.3 is 11.5 Å². The minimum Gasteiger partial charge on any atom is -0.369 e. The van der Waals surface area contributed by atoms with E-state index in [2.05, 4.69) is 9.39 Å². The van der Waals surface area contributed by atoms with Gasteiger partial charge in [0.25, 0.3) is 10.0 Å². The SMILES string of the molecule is NC(N)=NS(=O)(=O)c1ccc(N=Cc2c3ccccc3nc3ccccc23)cc1. The first-order chi connectivity index (χ1) is 13.9. The van der Waals surface area contributed by atoms with Gasteiger partial charge in [-0.1, -0.05) is 36.4 Å². The first kappa shape index (κ1) is 18.6. The van der Waals surface area contributed by atoms with Crippen LogP contribution in [-0.2, 0) is 10.0 Å². The highest BCUT2D eigenvalue weighted by molar-refractivity contribution is 7.90. The Kier molecular flexibility index (Phi) is 4.69. The highest BCUT2D eigenvalue weighted by Gasteiger charge is 2.12. The topological polar surface area (TPSA) is 124 Å². The lowest BCUT2D eigenvalue weighted by Crippen LogP contribution is -2.24. The average Bonchev–Trinajstić information content (AvgIpc) is 2.70. The van der Waals surface area contributed by atoms with Crippen LogP contribution in [0.5, 0.6) is 0 Å². The molecule has 0 aliphatic heterocycles. The molecule has 4 N–H and O–H groups in total. The van der Waals surface area contributed by atoms with Gasteiger partial charge in [0.05, 0.1) is 21.6 Å². The molecule has 1 aromatic heterocycles. The third-order valence-corrected chi connectivity index (χ3v) is 5.65. The van der Waals surface area contributed by atoms with E-state index in [0.717, 1.165) is 27.4 Å². The van der Waals surface area contributed by atoms with Gasteiger partial charge in [0.1, 0.15) is 0 Å². The van der Waals surface area contributed by atoms with Crippen LogP contribution in [0.4, 0.5) is 5.69 Å². The number of fused-ring (bicyclic) bond motifs is 2. The van der Waals surface area contributed by atoms with Crippen LogP contribution < -0.4 is 11.5 Å². The summed E-state index contributed by atoms with van der Waals surface area (Å²) in [5, 5.41) is 1.98. The summed E-state index contributed by atoms with van der Waals surface area (Å²) in [4.78, 5) is 9.21. The first-order valence-electron chi connectivity index (χ1n) is 8.71. The molecule has 29 heavy (non-hydrogen) atoms. The van der Waals surface area contributed by atoms with E-state index in [4.69, 9.17) is 16.5 Å². The van der Waals surface area contributed by atoms with E-state index < -0.39 is 16.0 Å². The molecule has 0 aliphatic rings. The molecule has 0 amide bonds. The van der Waals surface area contributed by atoms with Crippen molar-refractivity contribution in [2.24, 2.45) is 20.9 Å². The number of para-hydroxylation sites is 2. The van der Waals surface area contributed by atoms with Gasteiger partial charge in [-0.3, -0.25) is 4.99 Å². The minimum absolute atomic E-state index is 0.00957. The number of pyridine rings is 1. The Morgan fingerprint density at radius 2 is 1.38 bits per heavy atom. The number of sulfonamides is 1. The van der Waals surface area contributed by atoms with E-state index in [1.165, 1.54) is 12.1 Å². The molecule has 3 aromatic carbocycles. The number of rotatable bonds is 4. The van der Waals surface area contributed by atoms with Crippen molar-refractivity contribution >= 4 is 49.7 Å². The maximum Gasteiger partial charge on any atom is 0.285 e. The normalized spacial score (nSPS) is 11.9. The molecule has 7 nitrogen and oxygen atoms in total. The molecule has 0 unspecified atom stereocenters. The standard InChI is InChI=1S/C21H17N5O2S/c22-21(23)26-29(27,28)15-11-9-14(10-12-15)24-13-18-16-5-1-3-7-19(16)25-20-8-4-2-6-17(18)20/h1-13H,(H4,22,23,26). The highest BCUT2D eigenvalue weighted by atomic mass is 32.2. The van der Waals surface area contributed by atoms with E-state index in [1.807, 2.05) is 48.5 Å². The van der Waals surface area contributed by atoms with Gasteiger partial charge in [-0.2, -0.15) is 8.42 Å². The number of aliphatic imine (C=N–C) groups is 1. The van der Waals surface area contributed by atoms with E-state index in [9.17, 15) is 8.42 Å². The summed E-state index contributed by atoms with van der Waals surface area (Å²) < 4.78 is 27.3. The lowest BCUT2D eigenvalue weighted by atomic mass is 10.0. The Bertz CT molecular complexity index is 1320. The van der Waals surface area contributed by atoms with Crippen molar-refractivity contribution in [2.75, 3.05) is 0 Å². The van der Waals surface area contributed by atoms with Crippen LogP contribution in [0.3, 0.4) is 0 Å². The molecular formula is C21H17N5O2S. The second-order valence-electron chi connectivity index (χ2n) is 6.30. The van der Waals surface area contributed by atoms with Crippen molar-refractivity contribution in [1.29, 1.82) is 0 Å². The smallest absolute Gasteiger partial charge is 0.285 e. The molecule has 4 rings (SSSR count). The number of hydrogen-bond donors (Lipinski definition) is 2. The van der Waals surface area contributed by atoms with Crippen LogP contribution in [0, 0.1) is 0 Å². The highest BCUT2D eigenvalue weighted by Crippen LogP contribution is 2.25. The van der Waals surface area contributed by atoms with Crippen LogP contribution >= 0.6 is 0 Å². The summed E-state index contributed by atoms with van der Waals surface area (Å²) in [6.07, 6.45) is 1.77. The second kappa shape index (κ2) is 7.33. The molecule has 0 bridgehead atoms. The van der Waals surface area contributed by atoms with Crippen molar-refractivity contribution in [1.82, 2.24) is 4.98 Å². The summed E-state index contributed by atoms with van der Waals surface area (Å²) in [6, 6.07) is 21.7. The van der Waals surface area contributed by atoms with Crippen molar-refractivity contribution in [3.8, 4) is 0 Å². The number of nitrogens with two attached hydrogens (primary N) is 2. The van der Waals surface area contributed by atoms with Gasteiger partial charge in [0, 0.05) is 22.6 Å². The summed E-state index contributed by atoms with van der Waals surface area (Å²) in [5.41, 5.74) is 13.6.